The van der Waals surface area contributed by atoms with Gasteiger partial charge in [-0.1, -0.05) is 13.8 Å². The number of quaternary nitrogens is 1. The van der Waals surface area contributed by atoms with E-state index in [2.05, 4.69) is 0 Å². The van der Waals surface area contributed by atoms with E-state index in [-0.39, 0.29) is 18.2 Å². The van der Waals surface area contributed by atoms with Crippen molar-refractivity contribution < 1.29 is 24.7 Å². The van der Waals surface area contributed by atoms with E-state index in [0.717, 1.165) is 10.9 Å². The fourth-order valence-corrected chi connectivity index (χ4v) is 2.69. The van der Waals surface area contributed by atoms with Gasteiger partial charge >= 0.3 is 11.6 Å². The number of carboxylic acids is 1. The molecule has 0 aliphatic carbocycles. The molecule has 2 rings (SSSR count). The fraction of sp³-hybridized carbons (Fsp3) is 0.412. The Morgan fingerprint density at radius 3 is 2.65 bits per heavy atom. The Kier molecular flexibility index (Phi) is 5.05. The molecule has 124 valence electrons. The van der Waals surface area contributed by atoms with Crippen LogP contribution in [0.15, 0.2) is 27.4 Å². The summed E-state index contributed by atoms with van der Waals surface area (Å²) in [5.74, 6) is -0.652. The van der Waals surface area contributed by atoms with E-state index in [1.54, 1.807) is 18.3 Å². The number of rotatable bonds is 6. The van der Waals surface area contributed by atoms with Crippen molar-refractivity contribution in [2.45, 2.75) is 39.8 Å². The Bertz CT molecular complexity index is 778. The molecule has 4 N–H and O–H groups in total. The van der Waals surface area contributed by atoms with Crippen molar-refractivity contribution in [2.24, 2.45) is 5.92 Å². The summed E-state index contributed by atoms with van der Waals surface area (Å²) in [7, 11) is 0. The maximum atomic E-state index is 11.6. The first-order chi connectivity index (χ1) is 10.8. The number of carboxylic acid groups (broad SMARTS) is 1. The van der Waals surface area contributed by atoms with Gasteiger partial charge in [0.05, 0.1) is 5.56 Å². The monoisotopic (exact) mass is 320 g/mol. The van der Waals surface area contributed by atoms with Crippen LogP contribution in [0.2, 0.25) is 0 Å². The van der Waals surface area contributed by atoms with E-state index >= 15 is 0 Å². The highest BCUT2D eigenvalue weighted by molar-refractivity contribution is 5.84. The van der Waals surface area contributed by atoms with Crippen molar-refractivity contribution in [3.8, 4) is 5.75 Å². The topological polar surface area (TPSA) is 104 Å². The zero-order valence-corrected chi connectivity index (χ0v) is 13.5. The fourth-order valence-electron chi connectivity index (χ4n) is 2.69. The summed E-state index contributed by atoms with van der Waals surface area (Å²) in [5, 5.41) is 21.8. The van der Waals surface area contributed by atoms with E-state index in [4.69, 9.17) is 4.42 Å². The number of aryl methyl sites for hydroxylation is 1. The van der Waals surface area contributed by atoms with Gasteiger partial charge < -0.3 is 19.9 Å². The Hall–Kier alpha value is -2.34. The number of phenolic OH excluding ortho intramolecular Hbond substituents is 1. The molecule has 0 saturated heterocycles. The maximum Gasteiger partial charge on any atom is 0.362 e. The molecule has 0 saturated carbocycles. The zero-order chi connectivity index (χ0) is 17.1. The third kappa shape index (κ3) is 3.90. The smallest absolute Gasteiger partial charge is 0.362 e. The largest absolute Gasteiger partial charge is 0.507 e. The van der Waals surface area contributed by atoms with Crippen LogP contribution in [-0.4, -0.2) is 22.2 Å². The molecule has 0 fully saturated rings. The second-order valence-electron chi connectivity index (χ2n) is 6.20. The van der Waals surface area contributed by atoms with Gasteiger partial charge in [0.15, 0.2) is 11.6 Å². The number of hydrogen-bond acceptors (Lipinski definition) is 4. The predicted octanol–water partition coefficient (Wildman–Crippen LogP) is 1.37. The van der Waals surface area contributed by atoms with Crippen LogP contribution < -0.4 is 10.9 Å². The van der Waals surface area contributed by atoms with Crippen molar-refractivity contribution >= 4 is 16.9 Å². The lowest BCUT2D eigenvalue weighted by Crippen LogP contribution is -2.90. The molecule has 1 aromatic carbocycles. The number of aromatic hydroxyl groups is 1. The van der Waals surface area contributed by atoms with Crippen molar-refractivity contribution in [1.29, 1.82) is 0 Å². The minimum atomic E-state index is -0.893. The van der Waals surface area contributed by atoms with Gasteiger partial charge in [0.2, 0.25) is 0 Å². The summed E-state index contributed by atoms with van der Waals surface area (Å²) in [6, 6.07) is 4.01. The molecule has 0 bridgehead atoms. The third-order valence-corrected chi connectivity index (χ3v) is 3.85. The molecule has 0 unspecified atom stereocenters. The highest BCUT2D eigenvalue weighted by Crippen LogP contribution is 2.27. The molecule has 0 aliphatic heterocycles. The first-order valence-corrected chi connectivity index (χ1v) is 7.61. The number of hydrogen-bond donors (Lipinski definition) is 3. The highest BCUT2D eigenvalue weighted by atomic mass is 16.4. The molecular formula is C17H22NO5+. The molecule has 6 heteroatoms. The van der Waals surface area contributed by atoms with Gasteiger partial charge in [0.25, 0.3) is 0 Å². The summed E-state index contributed by atoms with van der Waals surface area (Å²) >= 11 is 0. The molecule has 2 aromatic rings. The number of fused-ring (bicyclic) bond motifs is 1. The second kappa shape index (κ2) is 6.83. The van der Waals surface area contributed by atoms with E-state index < -0.39 is 17.6 Å². The zero-order valence-electron chi connectivity index (χ0n) is 13.5. The SMILES string of the molecule is Cc1cc(=O)oc2c(C[NH2+][C@@H](CC(C)C)C(=O)O)c(O)ccc12. The number of nitrogens with two attached hydrogens (primary N) is 1. The number of phenols is 1. The van der Waals surface area contributed by atoms with Gasteiger partial charge in [-0.25, -0.2) is 9.59 Å². The first kappa shape index (κ1) is 17.0. The molecule has 23 heavy (non-hydrogen) atoms. The first-order valence-electron chi connectivity index (χ1n) is 7.61. The van der Waals surface area contributed by atoms with Crippen LogP contribution in [0.4, 0.5) is 0 Å². The Balaban J connectivity index is 2.37. The van der Waals surface area contributed by atoms with E-state index in [1.165, 1.54) is 12.1 Å². The summed E-state index contributed by atoms with van der Waals surface area (Å²) in [4.78, 5) is 23.0. The van der Waals surface area contributed by atoms with Gasteiger partial charge in [0, 0.05) is 17.9 Å². The quantitative estimate of drug-likeness (QED) is 0.697. The van der Waals surface area contributed by atoms with Crippen molar-refractivity contribution in [2.75, 3.05) is 0 Å². The predicted molar refractivity (Wildman–Crippen MR) is 85.4 cm³/mol. The van der Waals surface area contributed by atoms with Gasteiger partial charge in [0.1, 0.15) is 12.3 Å². The van der Waals surface area contributed by atoms with Crippen LogP contribution in [-0.2, 0) is 11.3 Å². The van der Waals surface area contributed by atoms with Crippen LogP contribution in [0.25, 0.3) is 11.0 Å². The van der Waals surface area contributed by atoms with E-state index in [0.29, 0.717) is 17.6 Å². The second-order valence-corrected chi connectivity index (χ2v) is 6.20. The van der Waals surface area contributed by atoms with Gasteiger partial charge in [-0.05, 0) is 30.5 Å². The van der Waals surface area contributed by atoms with Gasteiger partial charge in [-0.2, -0.15) is 0 Å². The average molecular weight is 320 g/mol. The minimum Gasteiger partial charge on any atom is -0.507 e. The summed E-state index contributed by atoms with van der Waals surface area (Å²) in [6.07, 6.45) is 0.518. The van der Waals surface area contributed by atoms with Crippen molar-refractivity contribution in [1.82, 2.24) is 0 Å². The van der Waals surface area contributed by atoms with E-state index in [1.807, 2.05) is 13.8 Å². The van der Waals surface area contributed by atoms with Crippen LogP contribution in [0.5, 0.6) is 5.75 Å². The maximum absolute atomic E-state index is 11.6. The highest BCUT2D eigenvalue weighted by Gasteiger charge is 2.23. The van der Waals surface area contributed by atoms with Crippen molar-refractivity contribution in [3.63, 3.8) is 0 Å². The van der Waals surface area contributed by atoms with E-state index in [9.17, 15) is 19.8 Å². The lowest BCUT2D eigenvalue weighted by molar-refractivity contribution is -0.694. The number of aliphatic carboxylic acids is 1. The standard InChI is InChI=1S/C17H21NO5/c1-9(2)6-13(17(21)22)18-8-12-14(19)5-4-11-10(3)7-15(20)23-16(11)12/h4-5,7,9,13,18-19H,6,8H2,1-3H3,(H,21,22)/p+1/t13-/m0/s1. The van der Waals surface area contributed by atoms with Crippen LogP contribution in [0.3, 0.4) is 0 Å². The molecule has 1 atom stereocenters. The van der Waals surface area contributed by atoms with Crippen LogP contribution in [0.1, 0.15) is 31.4 Å². The van der Waals surface area contributed by atoms with Crippen LogP contribution >= 0.6 is 0 Å². The Morgan fingerprint density at radius 1 is 1.35 bits per heavy atom. The molecule has 6 nitrogen and oxygen atoms in total. The molecule has 1 aromatic heterocycles. The summed E-state index contributed by atoms with van der Waals surface area (Å²) in [6.45, 7) is 5.94. The molecule has 0 aliphatic rings. The summed E-state index contributed by atoms with van der Waals surface area (Å²) in [5.41, 5.74) is 1.03. The minimum absolute atomic E-state index is 0.00353. The average Bonchev–Trinajstić information content (AvgIpc) is 2.43. The van der Waals surface area contributed by atoms with Crippen LogP contribution in [0, 0.1) is 12.8 Å². The lowest BCUT2D eigenvalue weighted by Gasteiger charge is -2.14. The number of carbonyl (C=O) groups is 1. The molecule has 1 heterocycles. The van der Waals surface area contributed by atoms with Crippen molar-refractivity contribution in [3.05, 3.63) is 39.7 Å². The molecular weight excluding hydrogens is 298 g/mol. The molecule has 0 radical (unpaired) electrons. The molecule has 0 spiro atoms. The lowest BCUT2D eigenvalue weighted by atomic mass is 10.0. The van der Waals surface area contributed by atoms with Gasteiger partial charge in [-0.15, -0.1) is 0 Å². The van der Waals surface area contributed by atoms with Gasteiger partial charge in [-0.3, -0.25) is 0 Å². The Labute approximate surface area is 133 Å². The summed E-state index contributed by atoms with van der Waals surface area (Å²) < 4.78 is 5.25. The number of benzene rings is 1. The Morgan fingerprint density at radius 2 is 2.04 bits per heavy atom. The normalized spacial score (nSPS) is 12.7. The molecule has 0 amide bonds. The third-order valence-electron chi connectivity index (χ3n) is 3.85.